The van der Waals surface area contributed by atoms with Crippen LogP contribution in [0.15, 0.2) is 48.7 Å². The van der Waals surface area contributed by atoms with Crippen LogP contribution in [0.5, 0.6) is 5.75 Å². The van der Waals surface area contributed by atoms with Gasteiger partial charge in [-0.2, -0.15) is 0 Å². The van der Waals surface area contributed by atoms with Crippen LogP contribution in [0.3, 0.4) is 0 Å². The van der Waals surface area contributed by atoms with Gasteiger partial charge in [0.15, 0.2) is 0 Å². The minimum atomic E-state index is -0.471. The molecule has 0 saturated heterocycles. The lowest BCUT2D eigenvalue weighted by atomic mass is 10.1. The zero-order chi connectivity index (χ0) is 17.1. The molecule has 0 spiro atoms. The third kappa shape index (κ3) is 2.81. The molecule has 0 saturated carbocycles. The molecule has 0 bridgehead atoms. The van der Waals surface area contributed by atoms with Gasteiger partial charge >= 0.3 is 5.97 Å². The second-order valence-electron chi connectivity index (χ2n) is 5.11. The third-order valence-electron chi connectivity index (χ3n) is 3.70. The van der Waals surface area contributed by atoms with Gasteiger partial charge in [-0.05, 0) is 18.2 Å². The number of benzene rings is 2. The van der Waals surface area contributed by atoms with Crippen molar-refractivity contribution in [3.63, 3.8) is 0 Å². The summed E-state index contributed by atoms with van der Waals surface area (Å²) in [5.41, 5.74) is 3.19. The predicted molar refractivity (Wildman–Crippen MR) is 91.0 cm³/mol. The van der Waals surface area contributed by atoms with Crippen LogP contribution in [0, 0.1) is 0 Å². The SMILES string of the molecule is COC(=O)c1ccc(NC=C2C(=O)Nc3ccccc32)cc1OC. The number of ether oxygens (including phenoxy) is 2. The van der Waals surface area contributed by atoms with Crippen LogP contribution in [-0.2, 0) is 9.53 Å². The van der Waals surface area contributed by atoms with Gasteiger partial charge in [0.1, 0.15) is 11.3 Å². The van der Waals surface area contributed by atoms with Gasteiger partial charge in [0.25, 0.3) is 5.91 Å². The number of carbonyl (C=O) groups is 2. The van der Waals surface area contributed by atoms with Crippen molar-refractivity contribution in [3.8, 4) is 5.75 Å². The Bertz CT molecular complexity index is 843. The molecule has 1 heterocycles. The van der Waals surface area contributed by atoms with Gasteiger partial charge in [0.2, 0.25) is 0 Å². The monoisotopic (exact) mass is 324 g/mol. The maximum atomic E-state index is 12.1. The van der Waals surface area contributed by atoms with Crippen LogP contribution in [0.4, 0.5) is 11.4 Å². The first kappa shape index (κ1) is 15.6. The molecule has 2 N–H and O–H groups in total. The number of esters is 1. The van der Waals surface area contributed by atoms with Crippen molar-refractivity contribution < 1.29 is 19.1 Å². The highest BCUT2D eigenvalue weighted by Crippen LogP contribution is 2.31. The summed E-state index contributed by atoms with van der Waals surface area (Å²) >= 11 is 0. The first-order chi connectivity index (χ1) is 11.6. The van der Waals surface area contributed by atoms with Gasteiger partial charge in [0.05, 0.1) is 19.8 Å². The number of amides is 1. The molecule has 0 aliphatic carbocycles. The molecule has 6 nitrogen and oxygen atoms in total. The number of para-hydroxylation sites is 1. The minimum Gasteiger partial charge on any atom is -0.496 e. The Morgan fingerprint density at radius 1 is 1.17 bits per heavy atom. The van der Waals surface area contributed by atoms with Gasteiger partial charge < -0.3 is 20.1 Å². The standard InChI is InChI=1S/C18H16N2O4/c1-23-16-9-11(7-8-13(16)18(22)24-2)19-10-14-12-5-3-4-6-15(12)20-17(14)21/h3-10,19H,1-2H3,(H,20,21). The van der Waals surface area contributed by atoms with Crippen molar-refractivity contribution in [2.24, 2.45) is 0 Å². The number of fused-ring (bicyclic) bond motifs is 1. The van der Waals surface area contributed by atoms with Gasteiger partial charge in [-0.3, -0.25) is 4.79 Å². The highest BCUT2D eigenvalue weighted by Gasteiger charge is 2.23. The van der Waals surface area contributed by atoms with Gasteiger partial charge in [-0.1, -0.05) is 18.2 Å². The summed E-state index contributed by atoms with van der Waals surface area (Å²) in [6.07, 6.45) is 1.63. The zero-order valence-electron chi connectivity index (χ0n) is 13.3. The molecule has 2 aromatic carbocycles. The lowest BCUT2D eigenvalue weighted by molar-refractivity contribution is -0.110. The second kappa shape index (κ2) is 6.45. The molecular weight excluding hydrogens is 308 g/mol. The van der Waals surface area contributed by atoms with Crippen molar-refractivity contribution in [2.75, 3.05) is 24.9 Å². The van der Waals surface area contributed by atoms with E-state index in [0.717, 1.165) is 11.3 Å². The van der Waals surface area contributed by atoms with Crippen molar-refractivity contribution >= 4 is 28.8 Å². The summed E-state index contributed by atoms with van der Waals surface area (Å²) in [5.74, 6) is -0.246. The van der Waals surface area contributed by atoms with Crippen molar-refractivity contribution in [1.29, 1.82) is 0 Å². The Hall–Kier alpha value is -3.28. The van der Waals surface area contributed by atoms with E-state index in [1.54, 1.807) is 24.4 Å². The number of hydrogen-bond donors (Lipinski definition) is 2. The third-order valence-corrected chi connectivity index (χ3v) is 3.70. The van der Waals surface area contributed by atoms with Crippen molar-refractivity contribution in [1.82, 2.24) is 0 Å². The average Bonchev–Trinajstić information content (AvgIpc) is 2.94. The Morgan fingerprint density at radius 3 is 2.71 bits per heavy atom. The van der Waals surface area contributed by atoms with Crippen LogP contribution < -0.4 is 15.4 Å². The average molecular weight is 324 g/mol. The molecule has 1 aliphatic heterocycles. The Morgan fingerprint density at radius 2 is 1.96 bits per heavy atom. The van der Waals surface area contributed by atoms with Crippen molar-refractivity contribution in [2.45, 2.75) is 0 Å². The topological polar surface area (TPSA) is 76.7 Å². The molecule has 0 radical (unpaired) electrons. The quantitative estimate of drug-likeness (QED) is 0.668. The molecule has 0 aromatic heterocycles. The number of carbonyl (C=O) groups excluding carboxylic acids is 2. The molecule has 3 rings (SSSR count). The van der Waals surface area contributed by atoms with Gasteiger partial charge in [-0.25, -0.2) is 4.79 Å². The second-order valence-corrected chi connectivity index (χ2v) is 5.11. The number of nitrogens with one attached hydrogen (secondary N) is 2. The maximum absolute atomic E-state index is 12.1. The molecule has 0 unspecified atom stereocenters. The normalized spacial score (nSPS) is 14.1. The summed E-state index contributed by atoms with van der Waals surface area (Å²) < 4.78 is 9.93. The molecule has 24 heavy (non-hydrogen) atoms. The zero-order valence-corrected chi connectivity index (χ0v) is 13.3. The molecule has 1 amide bonds. The Kier molecular flexibility index (Phi) is 4.20. The summed E-state index contributed by atoms with van der Waals surface area (Å²) in [6.45, 7) is 0. The minimum absolute atomic E-state index is 0.165. The van der Waals surface area contributed by atoms with E-state index >= 15 is 0 Å². The Labute approximate surface area is 139 Å². The van der Waals surface area contributed by atoms with E-state index in [1.807, 2.05) is 24.3 Å². The fourth-order valence-electron chi connectivity index (χ4n) is 2.50. The molecule has 0 fully saturated rings. The molecule has 2 aromatic rings. The van der Waals surface area contributed by atoms with Gasteiger partial charge in [-0.15, -0.1) is 0 Å². The summed E-state index contributed by atoms with van der Waals surface area (Å²) in [4.78, 5) is 23.7. The fraction of sp³-hybridized carbons (Fsp3) is 0.111. The summed E-state index contributed by atoms with van der Waals surface area (Å²) in [7, 11) is 2.79. The fourth-order valence-corrected chi connectivity index (χ4v) is 2.50. The summed E-state index contributed by atoms with van der Waals surface area (Å²) in [6, 6.07) is 12.5. The molecule has 122 valence electrons. The lowest BCUT2D eigenvalue weighted by Gasteiger charge is -2.09. The number of rotatable bonds is 4. The molecule has 1 aliphatic rings. The number of hydrogen-bond acceptors (Lipinski definition) is 5. The van der Waals surface area contributed by atoms with Gasteiger partial charge in [0, 0.05) is 29.2 Å². The predicted octanol–water partition coefficient (Wildman–Crippen LogP) is 2.89. The first-order valence-corrected chi connectivity index (χ1v) is 7.28. The maximum Gasteiger partial charge on any atom is 0.341 e. The molecule has 6 heteroatoms. The van der Waals surface area contributed by atoms with E-state index in [-0.39, 0.29) is 5.91 Å². The van der Waals surface area contributed by atoms with Crippen molar-refractivity contribution in [3.05, 3.63) is 59.8 Å². The van der Waals surface area contributed by atoms with Crippen LogP contribution in [0.25, 0.3) is 5.57 Å². The van der Waals surface area contributed by atoms with E-state index in [9.17, 15) is 9.59 Å². The summed E-state index contributed by atoms with van der Waals surface area (Å²) in [5, 5.41) is 5.87. The number of methoxy groups -OCH3 is 2. The first-order valence-electron chi connectivity index (χ1n) is 7.28. The Balaban J connectivity index is 1.87. The lowest BCUT2D eigenvalue weighted by Crippen LogP contribution is -2.06. The highest BCUT2D eigenvalue weighted by atomic mass is 16.5. The van der Waals surface area contributed by atoms with Crippen LogP contribution >= 0.6 is 0 Å². The van der Waals surface area contributed by atoms with Crippen LogP contribution in [-0.4, -0.2) is 26.1 Å². The van der Waals surface area contributed by atoms with Crippen LogP contribution in [0.1, 0.15) is 15.9 Å². The molecular formula is C18H16N2O4. The smallest absolute Gasteiger partial charge is 0.341 e. The van der Waals surface area contributed by atoms with E-state index in [4.69, 9.17) is 9.47 Å². The van der Waals surface area contributed by atoms with E-state index in [2.05, 4.69) is 10.6 Å². The van der Waals surface area contributed by atoms with E-state index in [0.29, 0.717) is 22.6 Å². The molecule has 0 atom stereocenters. The number of anilines is 2. The van der Waals surface area contributed by atoms with Crippen LogP contribution in [0.2, 0.25) is 0 Å². The highest BCUT2D eigenvalue weighted by molar-refractivity contribution is 6.31. The van der Waals surface area contributed by atoms with E-state index in [1.165, 1.54) is 14.2 Å². The largest absolute Gasteiger partial charge is 0.496 e. The van der Waals surface area contributed by atoms with E-state index < -0.39 is 5.97 Å².